The van der Waals surface area contributed by atoms with Gasteiger partial charge >= 0.3 is 0 Å². The molecule has 0 fully saturated rings. The van der Waals surface area contributed by atoms with Gasteiger partial charge in [0.2, 0.25) is 0 Å². The molecule has 0 aliphatic carbocycles. The van der Waals surface area contributed by atoms with Crippen molar-refractivity contribution < 1.29 is 9.13 Å². The Labute approximate surface area is 87.1 Å². The summed E-state index contributed by atoms with van der Waals surface area (Å²) in [5, 5.41) is 0. The number of aliphatic imine (C=N–C) groups is 1. The van der Waals surface area contributed by atoms with Crippen LogP contribution in [0.5, 0.6) is 5.75 Å². The molecular formula is C11H11FN2O. The van der Waals surface area contributed by atoms with E-state index >= 15 is 0 Å². The van der Waals surface area contributed by atoms with E-state index in [0.717, 1.165) is 0 Å². The maximum Gasteiger partial charge on any atom is 0.192 e. The molecule has 2 rings (SSSR count). The van der Waals surface area contributed by atoms with Crippen LogP contribution in [0.15, 0.2) is 41.5 Å². The Morgan fingerprint density at radius 3 is 2.73 bits per heavy atom. The first kappa shape index (κ1) is 9.71. The Morgan fingerprint density at radius 1 is 1.33 bits per heavy atom. The van der Waals surface area contributed by atoms with E-state index in [9.17, 15) is 4.39 Å². The molecule has 0 amide bonds. The van der Waals surface area contributed by atoms with Gasteiger partial charge in [-0.3, -0.25) is 0 Å². The lowest BCUT2D eigenvalue weighted by Gasteiger charge is -2.16. The normalized spacial score (nSPS) is 19.8. The molecule has 1 unspecified atom stereocenters. The summed E-state index contributed by atoms with van der Waals surface area (Å²) < 4.78 is 18.3. The molecule has 1 heterocycles. The number of benzene rings is 1. The van der Waals surface area contributed by atoms with Crippen LogP contribution in [0, 0.1) is 0 Å². The van der Waals surface area contributed by atoms with E-state index in [1.165, 1.54) is 6.20 Å². The van der Waals surface area contributed by atoms with E-state index < -0.39 is 5.97 Å². The van der Waals surface area contributed by atoms with Crippen molar-refractivity contribution in [1.82, 2.24) is 0 Å². The van der Waals surface area contributed by atoms with E-state index in [0.29, 0.717) is 11.4 Å². The molecule has 15 heavy (non-hydrogen) atoms. The van der Waals surface area contributed by atoms with Crippen LogP contribution in [-0.4, -0.2) is 12.1 Å². The second kappa shape index (κ2) is 4.13. The summed E-state index contributed by atoms with van der Waals surface area (Å²) in [5.74, 6) is 0.270. The Kier molecular flexibility index (Phi) is 2.67. The zero-order chi connectivity index (χ0) is 10.7. The summed E-state index contributed by atoms with van der Waals surface area (Å²) in [6.45, 7) is 0. The summed E-state index contributed by atoms with van der Waals surface area (Å²) in [7, 11) is 0. The molecule has 1 aliphatic rings. The molecule has 0 aromatic heterocycles. The first-order valence-corrected chi connectivity index (χ1v) is 4.65. The minimum Gasteiger partial charge on any atom is -0.486 e. The molecule has 4 heteroatoms. The highest BCUT2D eigenvalue weighted by Gasteiger charge is 2.13. The Bertz CT molecular complexity index is 398. The minimum atomic E-state index is -0.405. The number of nitrogens with zero attached hydrogens (tertiary/aromatic N) is 1. The molecule has 1 aromatic carbocycles. The van der Waals surface area contributed by atoms with Crippen molar-refractivity contribution in [3.8, 4) is 5.75 Å². The fourth-order valence-corrected chi connectivity index (χ4v) is 1.31. The molecule has 0 radical (unpaired) electrons. The summed E-state index contributed by atoms with van der Waals surface area (Å²) >= 11 is 0. The van der Waals surface area contributed by atoms with Gasteiger partial charge in [0.15, 0.2) is 5.97 Å². The average Bonchev–Trinajstić information content (AvgIpc) is 2.22. The lowest BCUT2D eigenvalue weighted by molar-refractivity contribution is 0.252. The first-order valence-electron chi connectivity index (χ1n) is 4.65. The van der Waals surface area contributed by atoms with Gasteiger partial charge in [-0.25, -0.2) is 4.99 Å². The van der Waals surface area contributed by atoms with Crippen molar-refractivity contribution in [3.05, 3.63) is 36.5 Å². The second-order valence-corrected chi connectivity index (χ2v) is 3.28. The van der Waals surface area contributed by atoms with Gasteiger partial charge in [0.25, 0.3) is 0 Å². The van der Waals surface area contributed by atoms with Crippen LogP contribution >= 0.6 is 0 Å². The quantitative estimate of drug-likeness (QED) is 0.755. The SMILES string of the molecule is Nc1ccc(OC2C=CN=C(F)C2)cc1. The molecule has 0 saturated heterocycles. The van der Waals surface area contributed by atoms with Crippen molar-refractivity contribution in [2.24, 2.45) is 4.99 Å². The maximum absolute atomic E-state index is 12.8. The van der Waals surface area contributed by atoms with Gasteiger partial charge in [0, 0.05) is 11.9 Å². The van der Waals surface area contributed by atoms with Crippen LogP contribution in [0.25, 0.3) is 0 Å². The third-order valence-corrected chi connectivity index (χ3v) is 2.05. The van der Waals surface area contributed by atoms with Crippen LogP contribution in [0.3, 0.4) is 0 Å². The standard InChI is InChI=1S/C11H11FN2O/c12-11-7-10(5-6-14-11)15-9-3-1-8(13)2-4-9/h1-6,10H,7,13H2. The van der Waals surface area contributed by atoms with E-state index in [1.54, 1.807) is 30.3 Å². The van der Waals surface area contributed by atoms with Gasteiger partial charge in [0.1, 0.15) is 11.9 Å². The summed E-state index contributed by atoms with van der Waals surface area (Å²) in [6.07, 6.45) is 3.03. The average molecular weight is 206 g/mol. The molecule has 1 atom stereocenters. The van der Waals surface area contributed by atoms with Crippen LogP contribution in [-0.2, 0) is 0 Å². The number of hydrogen-bond donors (Lipinski definition) is 1. The highest BCUT2D eigenvalue weighted by Crippen LogP contribution is 2.18. The second-order valence-electron chi connectivity index (χ2n) is 3.28. The van der Waals surface area contributed by atoms with Gasteiger partial charge in [-0.05, 0) is 30.3 Å². The molecular weight excluding hydrogens is 195 g/mol. The number of nitrogen functional groups attached to an aromatic ring is 1. The summed E-state index contributed by atoms with van der Waals surface area (Å²) in [6, 6.07) is 7.00. The van der Waals surface area contributed by atoms with E-state index in [-0.39, 0.29) is 12.5 Å². The Morgan fingerprint density at radius 2 is 2.07 bits per heavy atom. The summed E-state index contributed by atoms with van der Waals surface area (Å²) in [4.78, 5) is 3.51. The van der Waals surface area contributed by atoms with Gasteiger partial charge in [0.05, 0.1) is 6.42 Å². The number of halogens is 1. The van der Waals surface area contributed by atoms with E-state index in [1.807, 2.05) is 0 Å². The molecule has 0 saturated carbocycles. The number of rotatable bonds is 2. The van der Waals surface area contributed by atoms with Crippen molar-refractivity contribution in [1.29, 1.82) is 0 Å². The highest BCUT2D eigenvalue weighted by molar-refractivity contribution is 5.77. The zero-order valence-corrected chi connectivity index (χ0v) is 8.06. The zero-order valence-electron chi connectivity index (χ0n) is 8.06. The lowest BCUT2D eigenvalue weighted by Crippen LogP contribution is -2.18. The molecule has 2 N–H and O–H groups in total. The molecule has 78 valence electrons. The fourth-order valence-electron chi connectivity index (χ4n) is 1.31. The van der Waals surface area contributed by atoms with Crippen molar-refractivity contribution in [2.45, 2.75) is 12.5 Å². The maximum atomic E-state index is 12.8. The van der Waals surface area contributed by atoms with Gasteiger partial charge in [-0.15, -0.1) is 0 Å². The van der Waals surface area contributed by atoms with Crippen LogP contribution in [0.1, 0.15) is 6.42 Å². The Balaban J connectivity index is 2.01. The third kappa shape index (κ3) is 2.56. The van der Waals surface area contributed by atoms with Crippen molar-refractivity contribution in [3.63, 3.8) is 0 Å². The van der Waals surface area contributed by atoms with E-state index in [4.69, 9.17) is 10.5 Å². The predicted octanol–water partition coefficient (Wildman–Crippen LogP) is 2.30. The lowest BCUT2D eigenvalue weighted by atomic mass is 10.2. The Hall–Kier alpha value is -1.84. The topological polar surface area (TPSA) is 47.6 Å². The van der Waals surface area contributed by atoms with Crippen LogP contribution in [0.2, 0.25) is 0 Å². The minimum absolute atomic E-state index is 0.181. The third-order valence-electron chi connectivity index (χ3n) is 2.05. The van der Waals surface area contributed by atoms with Gasteiger partial charge in [-0.1, -0.05) is 0 Å². The van der Waals surface area contributed by atoms with Gasteiger partial charge in [-0.2, -0.15) is 4.39 Å². The van der Waals surface area contributed by atoms with Crippen molar-refractivity contribution in [2.75, 3.05) is 5.73 Å². The molecule has 3 nitrogen and oxygen atoms in total. The predicted molar refractivity (Wildman–Crippen MR) is 57.6 cm³/mol. The van der Waals surface area contributed by atoms with E-state index in [2.05, 4.69) is 4.99 Å². The monoisotopic (exact) mass is 206 g/mol. The molecule has 1 aliphatic heterocycles. The first-order chi connectivity index (χ1) is 7.24. The number of anilines is 1. The van der Waals surface area contributed by atoms with Crippen LogP contribution < -0.4 is 10.5 Å². The van der Waals surface area contributed by atoms with Gasteiger partial charge < -0.3 is 10.5 Å². The molecule has 0 spiro atoms. The number of nitrogens with two attached hydrogens (primary N) is 1. The largest absolute Gasteiger partial charge is 0.486 e. The number of hydrogen-bond acceptors (Lipinski definition) is 3. The smallest absolute Gasteiger partial charge is 0.192 e. The highest BCUT2D eigenvalue weighted by atomic mass is 19.1. The molecule has 1 aromatic rings. The molecule has 0 bridgehead atoms. The van der Waals surface area contributed by atoms with Crippen molar-refractivity contribution >= 4 is 11.7 Å². The summed E-state index contributed by atoms with van der Waals surface area (Å²) in [5.41, 5.74) is 6.21. The fraction of sp³-hybridized carbons (Fsp3) is 0.182. The number of ether oxygens (including phenoxy) is 1. The van der Waals surface area contributed by atoms with Crippen LogP contribution in [0.4, 0.5) is 10.1 Å².